The molecule has 1 unspecified atom stereocenters. The molecule has 2 rings (SSSR count). The summed E-state index contributed by atoms with van der Waals surface area (Å²) < 4.78 is 19.3. The van der Waals surface area contributed by atoms with Crippen molar-refractivity contribution in [3.63, 3.8) is 0 Å². The van der Waals surface area contributed by atoms with E-state index in [-0.39, 0.29) is 11.9 Å². The minimum atomic E-state index is -0.238. The molecule has 0 saturated heterocycles. The van der Waals surface area contributed by atoms with Gasteiger partial charge < -0.3 is 10.1 Å². The Morgan fingerprint density at radius 3 is 2.71 bits per heavy atom. The van der Waals surface area contributed by atoms with E-state index in [0.29, 0.717) is 18.7 Å². The van der Waals surface area contributed by atoms with Crippen LogP contribution >= 0.6 is 11.3 Å². The summed E-state index contributed by atoms with van der Waals surface area (Å²) in [6.45, 7) is 7.20. The van der Waals surface area contributed by atoms with E-state index in [4.69, 9.17) is 4.74 Å². The lowest BCUT2D eigenvalue weighted by Crippen LogP contribution is -2.26. The topological polar surface area (TPSA) is 34.1 Å². The number of ether oxygens (including phenoxy) is 1. The van der Waals surface area contributed by atoms with E-state index in [1.54, 1.807) is 24.5 Å². The molecule has 114 valence electrons. The van der Waals surface area contributed by atoms with Gasteiger partial charge in [0.25, 0.3) is 0 Å². The van der Waals surface area contributed by atoms with Crippen molar-refractivity contribution in [1.82, 2.24) is 10.3 Å². The molecule has 2 aromatic rings. The molecule has 1 heterocycles. The van der Waals surface area contributed by atoms with Crippen molar-refractivity contribution in [3.8, 4) is 0 Å². The van der Waals surface area contributed by atoms with E-state index in [9.17, 15) is 4.39 Å². The van der Waals surface area contributed by atoms with Crippen molar-refractivity contribution in [3.05, 3.63) is 50.7 Å². The van der Waals surface area contributed by atoms with E-state index >= 15 is 0 Å². The summed E-state index contributed by atoms with van der Waals surface area (Å²) in [5, 5.41) is 4.24. The first kappa shape index (κ1) is 16.1. The van der Waals surface area contributed by atoms with Gasteiger partial charge in [-0.1, -0.05) is 17.7 Å². The summed E-state index contributed by atoms with van der Waals surface area (Å²) >= 11 is 1.61. The Hall–Kier alpha value is -1.30. The van der Waals surface area contributed by atoms with Crippen LogP contribution < -0.4 is 5.32 Å². The van der Waals surface area contributed by atoms with Gasteiger partial charge in [-0.3, -0.25) is 0 Å². The van der Waals surface area contributed by atoms with Crippen LogP contribution in [0.1, 0.15) is 32.7 Å². The number of aromatic nitrogens is 1. The van der Waals surface area contributed by atoms with Crippen LogP contribution in [0.25, 0.3) is 0 Å². The van der Waals surface area contributed by atoms with Crippen molar-refractivity contribution in [2.75, 3.05) is 20.3 Å². The molecule has 0 fully saturated rings. The molecule has 1 aromatic heterocycles. The zero-order valence-corrected chi connectivity index (χ0v) is 13.7. The monoisotopic (exact) mass is 308 g/mol. The predicted octanol–water partition coefficient (Wildman–Crippen LogP) is 3.53. The third-order valence-corrected chi connectivity index (χ3v) is 4.55. The maximum absolute atomic E-state index is 14.2. The molecule has 1 atom stereocenters. The van der Waals surface area contributed by atoms with E-state index in [0.717, 1.165) is 21.1 Å². The smallest absolute Gasteiger partial charge is 0.128 e. The number of nitrogens with zero attached hydrogens (tertiary/aromatic N) is 1. The number of rotatable bonds is 6. The Labute approximate surface area is 129 Å². The Bertz CT molecular complexity index is 593. The minimum absolute atomic E-state index is 0.207. The Morgan fingerprint density at radius 1 is 1.33 bits per heavy atom. The maximum Gasteiger partial charge on any atom is 0.128 e. The van der Waals surface area contributed by atoms with Crippen molar-refractivity contribution in [1.29, 1.82) is 0 Å². The van der Waals surface area contributed by atoms with Crippen LogP contribution in [0, 0.1) is 26.6 Å². The highest BCUT2D eigenvalue weighted by Crippen LogP contribution is 2.29. The SMILES string of the molecule is COCCNC(c1nc(C)c(C)s1)c1cc(C)ccc1F. The molecule has 0 bridgehead atoms. The van der Waals surface area contributed by atoms with Gasteiger partial charge >= 0.3 is 0 Å². The molecule has 21 heavy (non-hydrogen) atoms. The maximum atomic E-state index is 14.2. The molecule has 0 amide bonds. The van der Waals surface area contributed by atoms with Crippen LogP contribution in [0.15, 0.2) is 18.2 Å². The van der Waals surface area contributed by atoms with Crippen molar-refractivity contribution < 1.29 is 9.13 Å². The van der Waals surface area contributed by atoms with Gasteiger partial charge in [0.2, 0.25) is 0 Å². The highest BCUT2D eigenvalue weighted by Gasteiger charge is 2.21. The molecule has 5 heteroatoms. The lowest BCUT2D eigenvalue weighted by Gasteiger charge is -2.18. The van der Waals surface area contributed by atoms with Gasteiger partial charge in [0, 0.05) is 24.1 Å². The lowest BCUT2D eigenvalue weighted by atomic mass is 10.0. The molecule has 0 radical (unpaired) electrons. The fourth-order valence-electron chi connectivity index (χ4n) is 2.14. The summed E-state index contributed by atoms with van der Waals surface area (Å²) in [6.07, 6.45) is 0. The number of thiazole rings is 1. The van der Waals surface area contributed by atoms with Crippen LogP contribution in [-0.2, 0) is 4.74 Å². The molecule has 0 aliphatic carbocycles. The van der Waals surface area contributed by atoms with Gasteiger partial charge in [0.05, 0.1) is 18.3 Å². The van der Waals surface area contributed by atoms with Crippen molar-refractivity contribution >= 4 is 11.3 Å². The Kier molecular flexibility index (Phi) is 5.45. The largest absolute Gasteiger partial charge is 0.383 e. The van der Waals surface area contributed by atoms with E-state index in [2.05, 4.69) is 10.3 Å². The number of halogens is 1. The van der Waals surface area contributed by atoms with Crippen LogP contribution in [0.4, 0.5) is 4.39 Å². The first-order valence-corrected chi connectivity index (χ1v) is 7.77. The molecular formula is C16H21FN2OS. The average Bonchev–Trinajstić information content (AvgIpc) is 2.78. The molecule has 0 aliphatic rings. The number of benzene rings is 1. The van der Waals surface area contributed by atoms with Gasteiger partial charge in [0.15, 0.2) is 0 Å². The first-order valence-electron chi connectivity index (χ1n) is 6.95. The molecule has 1 aromatic carbocycles. The number of nitrogens with one attached hydrogen (secondary N) is 1. The second-order valence-corrected chi connectivity index (χ2v) is 6.33. The molecule has 3 nitrogen and oxygen atoms in total. The van der Waals surface area contributed by atoms with Crippen LogP contribution in [0.5, 0.6) is 0 Å². The second kappa shape index (κ2) is 7.11. The first-order chi connectivity index (χ1) is 10.0. The predicted molar refractivity (Wildman–Crippen MR) is 84.4 cm³/mol. The molecule has 0 saturated carbocycles. The van der Waals surface area contributed by atoms with Crippen LogP contribution in [0.2, 0.25) is 0 Å². The fraction of sp³-hybridized carbons (Fsp3) is 0.438. The highest BCUT2D eigenvalue weighted by atomic mass is 32.1. The second-order valence-electron chi connectivity index (χ2n) is 5.10. The van der Waals surface area contributed by atoms with E-state index in [1.165, 1.54) is 6.07 Å². The molecule has 1 N–H and O–H groups in total. The Balaban J connectivity index is 2.37. The standard InChI is InChI=1S/C16H21FN2OS/c1-10-5-6-14(17)13(9-10)15(18-7-8-20-4)16-19-11(2)12(3)21-16/h5-6,9,15,18H,7-8H2,1-4H3. The number of methoxy groups -OCH3 is 1. The highest BCUT2D eigenvalue weighted by molar-refractivity contribution is 7.11. The van der Waals surface area contributed by atoms with Gasteiger partial charge in [0.1, 0.15) is 10.8 Å². The van der Waals surface area contributed by atoms with Crippen LogP contribution in [0.3, 0.4) is 0 Å². The quantitative estimate of drug-likeness (QED) is 0.829. The summed E-state index contributed by atoms with van der Waals surface area (Å²) in [7, 11) is 1.65. The number of hydrogen-bond acceptors (Lipinski definition) is 4. The number of aryl methyl sites for hydroxylation is 3. The minimum Gasteiger partial charge on any atom is -0.383 e. The molecular weight excluding hydrogens is 287 g/mol. The summed E-state index contributed by atoms with van der Waals surface area (Å²) in [6, 6.07) is 4.94. The molecule has 0 aliphatic heterocycles. The van der Waals surface area contributed by atoms with Gasteiger partial charge in [-0.15, -0.1) is 11.3 Å². The van der Waals surface area contributed by atoms with Crippen molar-refractivity contribution in [2.45, 2.75) is 26.8 Å². The summed E-state index contributed by atoms with van der Waals surface area (Å²) in [5.74, 6) is -0.207. The van der Waals surface area contributed by atoms with Gasteiger partial charge in [-0.25, -0.2) is 9.37 Å². The normalized spacial score (nSPS) is 12.6. The summed E-state index contributed by atoms with van der Waals surface area (Å²) in [4.78, 5) is 5.75. The lowest BCUT2D eigenvalue weighted by molar-refractivity contribution is 0.197. The fourth-order valence-corrected chi connectivity index (χ4v) is 3.16. The average molecular weight is 308 g/mol. The third-order valence-electron chi connectivity index (χ3n) is 3.41. The number of hydrogen-bond donors (Lipinski definition) is 1. The van der Waals surface area contributed by atoms with Crippen LogP contribution in [-0.4, -0.2) is 25.2 Å². The Morgan fingerprint density at radius 2 is 2.10 bits per heavy atom. The van der Waals surface area contributed by atoms with Gasteiger partial charge in [-0.05, 0) is 26.8 Å². The van der Waals surface area contributed by atoms with Crippen molar-refractivity contribution in [2.24, 2.45) is 0 Å². The van der Waals surface area contributed by atoms with E-state index < -0.39 is 0 Å². The zero-order chi connectivity index (χ0) is 15.4. The third kappa shape index (κ3) is 3.87. The molecule has 0 spiro atoms. The summed E-state index contributed by atoms with van der Waals surface area (Å²) in [5.41, 5.74) is 2.68. The zero-order valence-electron chi connectivity index (χ0n) is 12.9. The van der Waals surface area contributed by atoms with E-state index in [1.807, 2.05) is 26.8 Å². The van der Waals surface area contributed by atoms with Gasteiger partial charge in [-0.2, -0.15) is 0 Å².